The molecule has 0 aliphatic rings. The molecule has 0 fully saturated rings. The van der Waals surface area contributed by atoms with Gasteiger partial charge in [0, 0.05) is 17.2 Å². The van der Waals surface area contributed by atoms with Gasteiger partial charge in [-0.2, -0.15) is 0 Å². The van der Waals surface area contributed by atoms with Crippen LogP contribution < -0.4 is 0 Å². The minimum Gasteiger partial charge on any atom is -0.282 e. The van der Waals surface area contributed by atoms with Crippen LogP contribution in [0.1, 0.15) is 22.8 Å². The fourth-order valence-corrected chi connectivity index (χ4v) is 1.30. The van der Waals surface area contributed by atoms with Crippen LogP contribution in [0.5, 0.6) is 0 Å². The zero-order chi connectivity index (χ0) is 10.7. The summed E-state index contributed by atoms with van der Waals surface area (Å²) >= 11 is 3.61. The maximum atomic E-state index is 10.9. The van der Waals surface area contributed by atoms with Gasteiger partial charge in [-0.15, -0.1) is 12.6 Å². The van der Waals surface area contributed by atoms with E-state index in [1.807, 2.05) is 6.92 Å². The molecule has 0 radical (unpaired) electrons. The highest BCUT2D eigenvalue weighted by molar-refractivity contribution is 7.97. The van der Waals surface area contributed by atoms with Gasteiger partial charge < -0.3 is 0 Å². The summed E-state index contributed by atoms with van der Waals surface area (Å²) in [6.07, 6.45) is 0.567. The van der Waals surface area contributed by atoms with E-state index < -0.39 is 10.0 Å². The minimum atomic E-state index is -0.487. The number of rotatable bonds is 3. The summed E-state index contributed by atoms with van der Waals surface area (Å²) < 4.78 is 0. The van der Waals surface area contributed by atoms with E-state index in [0.29, 0.717) is 12.0 Å². The molecule has 0 atom stereocenters. The van der Waals surface area contributed by atoms with Crippen LogP contribution in [0, 0.1) is 10.1 Å². The van der Waals surface area contributed by atoms with Crippen molar-refractivity contribution in [2.45, 2.75) is 13.3 Å². The fraction of sp³-hybridized carbons (Fsp3) is 0.222. The van der Waals surface area contributed by atoms with Crippen LogP contribution in [0.25, 0.3) is 0 Å². The number of nitrogens with zero attached hydrogens (tertiary/aromatic N) is 1. The second kappa shape index (κ2) is 4.23. The van der Waals surface area contributed by atoms with Crippen molar-refractivity contribution in [2.75, 3.05) is 0 Å². The summed E-state index contributed by atoms with van der Waals surface area (Å²) in [6, 6.07) is 4.39. The van der Waals surface area contributed by atoms with Gasteiger partial charge in [0.1, 0.15) is 0 Å². The Morgan fingerprint density at radius 3 is 2.64 bits per heavy atom. The Hall–Kier alpha value is -1.36. The fourth-order valence-electron chi connectivity index (χ4n) is 1.17. The van der Waals surface area contributed by atoms with Gasteiger partial charge in [-0.1, -0.05) is 13.0 Å². The van der Waals surface area contributed by atoms with Crippen LogP contribution in [0.2, 0.25) is 0 Å². The first kappa shape index (κ1) is 10.7. The molecule has 0 saturated carbocycles. The first-order chi connectivity index (χ1) is 6.56. The molecule has 74 valence electrons. The second-order valence-electron chi connectivity index (χ2n) is 2.76. The lowest BCUT2D eigenvalue weighted by Gasteiger charge is -2.00. The number of thiol groups is 1. The average Bonchev–Trinajstić information content (AvgIpc) is 2.16. The van der Waals surface area contributed by atoms with Crippen LogP contribution >= 0.6 is 12.6 Å². The molecule has 0 amide bonds. The predicted molar refractivity (Wildman–Crippen MR) is 55.8 cm³/mol. The van der Waals surface area contributed by atoms with Crippen molar-refractivity contribution in [1.29, 1.82) is 0 Å². The van der Waals surface area contributed by atoms with E-state index in [0.717, 1.165) is 0 Å². The zero-order valence-corrected chi connectivity index (χ0v) is 8.45. The van der Waals surface area contributed by atoms with Gasteiger partial charge in [0.15, 0.2) is 0 Å². The molecule has 0 saturated heterocycles. The number of benzene rings is 1. The van der Waals surface area contributed by atoms with E-state index in [-0.39, 0.29) is 11.3 Å². The van der Waals surface area contributed by atoms with E-state index in [4.69, 9.17) is 0 Å². The topological polar surface area (TPSA) is 60.2 Å². The molecule has 14 heavy (non-hydrogen) atoms. The number of nitro groups is 1. The molecule has 1 aromatic carbocycles. The van der Waals surface area contributed by atoms with E-state index in [1.165, 1.54) is 6.07 Å². The SMILES string of the molecule is CCc1ccc(C(=O)S)cc1[N+](=O)[O-]. The third kappa shape index (κ3) is 2.11. The van der Waals surface area contributed by atoms with Crippen molar-refractivity contribution in [3.05, 3.63) is 39.4 Å². The number of hydrogen-bond acceptors (Lipinski definition) is 3. The van der Waals surface area contributed by atoms with E-state index in [9.17, 15) is 14.9 Å². The van der Waals surface area contributed by atoms with Crippen LogP contribution in [0.4, 0.5) is 5.69 Å². The first-order valence-electron chi connectivity index (χ1n) is 4.07. The molecule has 0 heterocycles. The van der Waals surface area contributed by atoms with Crippen molar-refractivity contribution in [1.82, 2.24) is 0 Å². The summed E-state index contributed by atoms with van der Waals surface area (Å²) in [5.41, 5.74) is 0.845. The molecule has 1 aromatic rings. The molecule has 0 aliphatic carbocycles. The van der Waals surface area contributed by atoms with Gasteiger partial charge in [0.05, 0.1) is 4.92 Å². The summed E-state index contributed by atoms with van der Waals surface area (Å²) in [6.45, 7) is 1.82. The van der Waals surface area contributed by atoms with Gasteiger partial charge in [-0.25, -0.2) is 0 Å². The van der Waals surface area contributed by atoms with Crippen molar-refractivity contribution >= 4 is 23.4 Å². The highest BCUT2D eigenvalue weighted by atomic mass is 32.1. The van der Waals surface area contributed by atoms with Gasteiger partial charge in [-0.05, 0) is 12.5 Å². The molecule has 0 aromatic heterocycles. The Bertz CT molecular complexity index is 390. The zero-order valence-electron chi connectivity index (χ0n) is 7.56. The molecule has 1 rings (SSSR count). The number of carbonyl (C=O) groups excluding carboxylic acids is 1. The van der Waals surface area contributed by atoms with Crippen LogP contribution in [0.15, 0.2) is 18.2 Å². The lowest BCUT2D eigenvalue weighted by atomic mass is 10.1. The molecule has 0 unspecified atom stereocenters. The Morgan fingerprint density at radius 2 is 2.21 bits per heavy atom. The van der Waals surface area contributed by atoms with Gasteiger partial charge in [0.2, 0.25) is 5.12 Å². The third-order valence-electron chi connectivity index (χ3n) is 1.91. The highest BCUT2D eigenvalue weighted by Crippen LogP contribution is 2.21. The van der Waals surface area contributed by atoms with Crippen molar-refractivity contribution in [3.63, 3.8) is 0 Å². The number of carbonyl (C=O) groups is 1. The Kier molecular flexibility index (Phi) is 3.24. The lowest BCUT2D eigenvalue weighted by molar-refractivity contribution is -0.385. The quantitative estimate of drug-likeness (QED) is 0.473. The molecule has 0 spiro atoms. The lowest BCUT2D eigenvalue weighted by Crippen LogP contribution is -1.97. The molecule has 4 nitrogen and oxygen atoms in total. The minimum absolute atomic E-state index is 0.0209. The van der Waals surface area contributed by atoms with Crippen molar-refractivity contribution in [3.8, 4) is 0 Å². The number of aryl methyl sites for hydroxylation is 1. The summed E-state index contributed by atoms with van der Waals surface area (Å²) in [4.78, 5) is 21.0. The maximum Gasteiger partial charge on any atom is 0.273 e. The molecule has 0 bridgehead atoms. The molecular formula is C9H9NO3S. The van der Waals surface area contributed by atoms with Gasteiger partial charge in [-0.3, -0.25) is 14.9 Å². The third-order valence-corrected chi connectivity index (χ3v) is 2.17. The van der Waals surface area contributed by atoms with Gasteiger partial charge in [0.25, 0.3) is 5.69 Å². The van der Waals surface area contributed by atoms with E-state index >= 15 is 0 Å². The van der Waals surface area contributed by atoms with E-state index in [2.05, 4.69) is 12.6 Å². The summed E-state index contributed by atoms with van der Waals surface area (Å²) in [5.74, 6) is 0. The van der Waals surface area contributed by atoms with Gasteiger partial charge >= 0.3 is 0 Å². The standard InChI is InChI=1S/C9H9NO3S/c1-2-6-3-4-7(9(11)14)5-8(6)10(12)13/h3-5H,2H2,1H3,(H,11,14). The van der Waals surface area contributed by atoms with Crippen LogP contribution in [-0.2, 0) is 6.42 Å². The number of hydrogen-bond donors (Lipinski definition) is 1. The van der Waals surface area contributed by atoms with Crippen molar-refractivity contribution < 1.29 is 9.72 Å². The molecular weight excluding hydrogens is 202 g/mol. The van der Waals surface area contributed by atoms with Crippen molar-refractivity contribution in [2.24, 2.45) is 0 Å². The van der Waals surface area contributed by atoms with Crippen LogP contribution in [0.3, 0.4) is 0 Å². The second-order valence-corrected chi connectivity index (χ2v) is 3.17. The largest absolute Gasteiger partial charge is 0.282 e. The smallest absolute Gasteiger partial charge is 0.273 e. The highest BCUT2D eigenvalue weighted by Gasteiger charge is 2.14. The average molecular weight is 211 g/mol. The molecule has 5 heteroatoms. The monoisotopic (exact) mass is 211 g/mol. The Labute approximate surface area is 86.5 Å². The van der Waals surface area contributed by atoms with Crippen LogP contribution in [-0.4, -0.2) is 10.0 Å². The molecule has 0 aliphatic heterocycles. The molecule has 0 N–H and O–H groups in total. The first-order valence-corrected chi connectivity index (χ1v) is 4.51. The Morgan fingerprint density at radius 1 is 1.57 bits per heavy atom. The maximum absolute atomic E-state index is 10.9. The van der Waals surface area contributed by atoms with E-state index in [1.54, 1.807) is 12.1 Å². The Balaban J connectivity index is 3.27. The predicted octanol–water partition coefficient (Wildman–Crippen LogP) is 2.23. The normalized spacial score (nSPS) is 9.86. The summed E-state index contributed by atoms with van der Waals surface area (Å²) in [7, 11) is 0. The summed E-state index contributed by atoms with van der Waals surface area (Å²) in [5, 5.41) is 10.2. The number of nitro benzene ring substituents is 1.